The van der Waals surface area contributed by atoms with Gasteiger partial charge in [0.05, 0.1) is 25.4 Å². The van der Waals surface area contributed by atoms with E-state index < -0.39 is 60.1 Å². The molecular weight excluding hydrogens is 524 g/mol. The number of fused-ring (bicyclic) bond motifs is 3. The lowest BCUT2D eigenvalue weighted by atomic mass is 9.92. The second kappa shape index (κ2) is 8.12. The molecule has 1 amide bonds. The zero-order valence-electron chi connectivity index (χ0n) is 20.1. The number of pyridine rings is 1. The fourth-order valence-corrected chi connectivity index (χ4v) is 5.93. The van der Waals surface area contributed by atoms with Crippen molar-refractivity contribution < 1.29 is 36.9 Å². The Labute approximate surface area is 217 Å². The van der Waals surface area contributed by atoms with Crippen LogP contribution < -0.4 is 20.1 Å². The molecule has 13 heteroatoms. The standard InChI is InChI=1S/C26H20F4N4O5/c27-16-5-4-13-15(20(16)28)10-32-22-14(2-1-3-18(22)39-12-26(32,29)30)21(13)34-19-11-38-9-8-31(19)25(37)23-24(36)17(35)6-7-33(23)34/h1-7,19,21,36H,8-12H2. The lowest BCUT2D eigenvalue weighted by Gasteiger charge is -2.51. The zero-order valence-corrected chi connectivity index (χ0v) is 20.1. The molecule has 3 aromatic rings. The van der Waals surface area contributed by atoms with Crippen molar-refractivity contribution in [2.45, 2.75) is 24.8 Å². The van der Waals surface area contributed by atoms with Crippen LogP contribution in [0.1, 0.15) is 33.2 Å². The summed E-state index contributed by atoms with van der Waals surface area (Å²) in [4.78, 5) is 27.9. The third kappa shape index (κ3) is 3.22. The van der Waals surface area contributed by atoms with Gasteiger partial charge in [0.15, 0.2) is 29.7 Å². The highest BCUT2D eigenvalue weighted by molar-refractivity contribution is 5.96. The molecule has 2 atom stereocenters. The molecule has 4 aliphatic rings. The third-order valence-corrected chi connectivity index (χ3v) is 7.67. The number of aromatic nitrogens is 1. The van der Waals surface area contributed by atoms with Gasteiger partial charge in [-0.3, -0.25) is 19.3 Å². The van der Waals surface area contributed by atoms with Gasteiger partial charge in [0.25, 0.3) is 5.91 Å². The Morgan fingerprint density at radius 3 is 2.69 bits per heavy atom. The van der Waals surface area contributed by atoms with E-state index in [9.17, 15) is 19.1 Å². The summed E-state index contributed by atoms with van der Waals surface area (Å²) in [5, 5.41) is 12.2. The molecule has 2 unspecified atom stereocenters. The number of carbonyl (C=O) groups excluding carboxylic acids is 1. The maximum atomic E-state index is 15.4. The maximum Gasteiger partial charge on any atom is 0.359 e. The highest BCUT2D eigenvalue weighted by Crippen LogP contribution is 2.51. The Hall–Kier alpha value is -4.26. The largest absolute Gasteiger partial charge is 0.502 e. The molecule has 0 bridgehead atoms. The summed E-state index contributed by atoms with van der Waals surface area (Å²) in [5.41, 5.74) is -1.00. The summed E-state index contributed by atoms with van der Waals surface area (Å²) in [5.74, 6) is -3.76. The summed E-state index contributed by atoms with van der Waals surface area (Å²) in [6.45, 7) is -1.36. The molecule has 4 aliphatic heterocycles. The van der Waals surface area contributed by atoms with Crippen LogP contribution in [-0.2, 0) is 11.3 Å². The number of hydrogen-bond donors (Lipinski definition) is 1. The Morgan fingerprint density at radius 2 is 1.87 bits per heavy atom. The molecule has 1 N–H and O–H groups in total. The van der Waals surface area contributed by atoms with Crippen molar-refractivity contribution in [2.24, 2.45) is 0 Å². The number of ether oxygens (including phenoxy) is 2. The molecule has 0 spiro atoms. The summed E-state index contributed by atoms with van der Waals surface area (Å²) < 4.78 is 73.0. The highest BCUT2D eigenvalue weighted by atomic mass is 19.3. The van der Waals surface area contributed by atoms with Crippen LogP contribution in [0.4, 0.5) is 23.2 Å². The van der Waals surface area contributed by atoms with Crippen LogP contribution in [0.3, 0.4) is 0 Å². The number of morpholine rings is 1. The number of alkyl halides is 2. The molecule has 0 saturated carbocycles. The number of benzene rings is 2. The molecule has 0 aliphatic carbocycles. The lowest BCUT2D eigenvalue weighted by Crippen LogP contribution is -2.66. The van der Waals surface area contributed by atoms with Crippen LogP contribution in [0.5, 0.6) is 11.5 Å². The van der Waals surface area contributed by atoms with Gasteiger partial charge in [0.2, 0.25) is 5.43 Å². The van der Waals surface area contributed by atoms with Crippen LogP contribution in [0.15, 0.2) is 47.4 Å². The second-order valence-electron chi connectivity index (χ2n) is 9.72. The quantitative estimate of drug-likeness (QED) is 0.373. The van der Waals surface area contributed by atoms with E-state index in [1.165, 1.54) is 27.9 Å². The first-order valence-corrected chi connectivity index (χ1v) is 12.2. The van der Waals surface area contributed by atoms with Crippen LogP contribution in [0.2, 0.25) is 0 Å². The predicted molar refractivity (Wildman–Crippen MR) is 127 cm³/mol. The Bertz CT molecular complexity index is 1610. The average Bonchev–Trinajstić information content (AvgIpc) is 3.07. The van der Waals surface area contributed by atoms with Crippen molar-refractivity contribution in [2.75, 3.05) is 36.3 Å². The van der Waals surface area contributed by atoms with E-state index in [2.05, 4.69) is 0 Å². The molecular formula is C26H20F4N4O5. The van der Waals surface area contributed by atoms with Crippen molar-refractivity contribution in [1.29, 1.82) is 0 Å². The molecule has 1 saturated heterocycles. The van der Waals surface area contributed by atoms with Gasteiger partial charge in [-0.15, -0.1) is 0 Å². The van der Waals surface area contributed by atoms with Gasteiger partial charge in [0.1, 0.15) is 18.0 Å². The molecule has 7 rings (SSSR count). The first kappa shape index (κ1) is 23.8. The van der Waals surface area contributed by atoms with E-state index in [1.54, 1.807) is 17.1 Å². The van der Waals surface area contributed by atoms with Gasteiger partial charge >= 0.3 is 6.05 Å². The minimum absolute atomic E-state index is 0.0123. The van der Waals surface area contributed by atoms with Crippen molar-refractivity contribution in [3.8, 4) is 11.5 Å². The Balaban J connectivity index is 1.57. The van der Waals surface area contributed by atoms with E-state index in [1.807, 2.05) is 0 Å². The van der Waals surface area contributed by atoms with E-state index >= 15 is 13.2 Å². The number of anilines is 1. The van der Waals surface area contributed by atoms with E-state index in [4.69, 9.17) is 9.47 Å². The Morgan fingerprint density at radius 1 is 1.05 bits per heavy atom. The smallest absolute Gasteiger partial charge is 0.359 e. The number of nitrogens with zero attached hydrogens (tertiary/aromatic N) is 4. The molecule has 5 heterocycles. The fraction of sp³-hybridized carbons (Fsp3) is 0.308. The van der Waals surface area contributed by atoms with Crippen molar-refractivity contribution in [3.05, 3.63) is 86.8 Å². The number of halogens is 4. The SMILES string of the molecule is O=C1c2c(O)c(=O)ccn2N(C2c3ccc(F)c(F)c3CN3c4c(cccc42)OCC3(F)F)C2COCCN12. The number of carbonyl (C=O) groups is 1. The molecule has 1 aromatic heterocycles. The molecule has 9 nitrogen and oxygen atoms in total. The molecule has 202 valence electrons. The van der Waals surface area contributed by atoms with Crippen molar-refractivity contribution in [3.63, 3.8) is 0 Å². The van der Waals surface area contributed by atoms with E-state index in [0.717, 1.165) is 12.1 Å². The summed E-state index contributed by atoms with van der Waals surface area (Å²) in [7, 11) is 0. The number of amides is 1. The minimum Gasteiger partial charge on any atom is -0.502 e. The Kier molecular flexibility index (Phi) is 4.96. The van der Waals surface area contributed by atoms with Gasteiger partial charge in [-0.05, 0) is 17.7 Å². The van der Waals surface area contributed by atoms with Gasteiger partial charge in [-0.1, -0.05) is 18.2 Å². The number of rotatable bonds is 1. The summed E-state index contributed by atoms with van der Waals surface area (Å²) in [6.07, 6.45) is 0.434. The lowest BCUT2D eigenvalue weighted by molar-refractivity contribution is -0.0541. The maximum absolute atomic E-state index is 15.4. The normalized spacial score (nSPS) is 22.8. The zero-order chi connectivity index (χ0) is 27.2. The van der Waals surface area contributed by atoms with Crippen molar-refractivity contribution in [1.82, 2.24) is 9.58 Å². The topological polar surface area (TPSA) is 87.5 Å². The predicted octanol–water partition coefficient (Wildman–Crippen LogP) is 2.68. The van der Waals surface area contributed by atoms with Crippen LogP contribution in [0.25, 0.3) is 0 Å². The van der Waals surface area contributed by atoms with Crippen LogP contribution >= 0.6 is 0 Å². The monoisotopic (exact) mass is 544 g/mol. The van der Waals surface area contributed by atoms with Crippen molar-refractivity contribution >= 4 is 11.6 Å². The molecule has 0 radical (unpaired) electrons. The van der Waals surface area contributed by atoms with E-state index in [0.29, 0.717) is 4.90 Å². The first-order chi connectivity index (χ1) is 18.7. The fourth-order valence-electron chi connectivity index (χ4n) is 5.93. The van der Waals surface area contributed by atoms with Crippen LogP contribution in [0, 0.1) is 11.6 Å². The summed E-state index contributed by atoms with van der Waals surface area (Å²) in [6, 6.07) is 3.33. The van der Waals surface area contributed by atoms with Gasteiger partial charge in [0, 0.05) is 29.9 Å². The first-order valence-electron chi connectivity index (χ1n) is 12.2. The highest BCUT2D eigenvalue weighted by Gasteiger charge is 2.51. The minimum atomic E-state index is -3.55. The number of hydrogen-bond acceptors (Lipinski definition) is 7. The number of aromatic hydroxyl groups is 1. The second-order valence-corrected chi connectivity index (χ2v) is 9.72. The van der Waals surface area contributed by atoms with Crippen LogP contribution in [-0.4, -0.2) is 59.2 Å². The van der Waals surface area contributed by atoms with Gasteiger partial charge in [-0.2, -0.15) is 8.78 Å². The number of para-hydroxylation sites is 1. The summed E-state index contributed by atoms with van der Waals surface area (Å²) >= 11 is 0. The molecule has 1 fully saturated rings. The van der Waals surface area contributed by atoms with Gasteiger partial charge in [-0.25, -0.2) is 8.78 Å². The van der Waals surface area contributed by atoms with E-state index in [-0.39, 0.29) is 53.6 Å². The van der Waals surface area contributed by atoms with Gasteiger partial charge < -0.3 is 24.4 Å². The molecule has 2 aromatic carbocycles. The average molecular weight is 544 g/mol. The molecule has 39 heavy (non-hydrogen) atoms. The third-order valence-electron chi connectivity index (χ3n) is 7.67.